The average Bonchev–Trinajstić information content (AvgIpc) is 1.82. The summed E-state index contributed by atoms with van der Waals surface area (Å²) in [6, 6.07) is 0.553. The van der Waals surface area contributed by atoms with E-state index in [4.69, 9.17) is 0 Å². The zero-order valence-corrected chi connectivity index (χ0v) is 7.59. The Balaban J connectivity index is 3.58. The zero-order valence-electron chi connectivity index (χ0n) is 6.44. The largest absolute Gasteiger partial charge is 0.386 e. The van der Waals surface area contributed by atoms with Gasteiger partial charge in [0.1, 0.15) is 0 Å². The minimum atomic E-state index is 0.553. The Hall–Kier alpha value is -0.0300. The van der Waals surface area contributed by atoms with Crippen LogP contribution in [0.5, 0.6) is 0 Å². The van der Waals surface area contributed by atoms with Crippen molar-refractivity contribution < 1.29 is 0 Å². The van der Waals surface area contributed by atoms with E-state index < -0.39 is 0 Å². The minimum Gasteiger partial charge on any atom is -0.386 e. The molecule has 0 aromatic heterocycles. The van der Waals surface area contributed by atoms with Crippen LogP contribution < -0.4 is 5.32 Å². The fourth-order valence-electron chi connectivity index (χ4n) is 0.639. The molecule has 0 amide bonds. The highest BCUT2D eigenvalue weighted by Gasteiger charge is 1.92. The second-order valence-electron chi connectivity index (χ2n) is 2.34. The van der Waals surface area contributed by atoms with Crippen LogP contribution in [0.1, 0.15) is 27.2 Å². The normalized spacial score (nSPS) is 12.3. The molecule has 0 aliphatic carbocycles. The molecular formula is C7H16NP. The van der Waals surface area contributed by atoms with E-state index >= 15 is 0 Å². The van der Waals surface area contributed by atoms with Crippen molar-refractivity contribution in [2.75, 3.05) is 0 Å². The van der Waals surface area contributed by atoms with Crippen LogP contribution in [0.2, 0.25) is 0 Å². The van der Waals surface area contributed by atoms with Crippen molar-refractivity contribution in [1.82, 2.24) is 5.32 Å². The molecule has 1 atom stereocenters. The van der Waals surface area contributed by atoms with Gasteiger partial charge in [0, 0.05) is 11.7 Å². The number of nitrogens with one attached hydrogen (secondary N) is 1. The second-order valence-corrected chi connectivity index (χ2v) is 2.68. The van der Waals surface area contributed by atoms with Crippen LogP contribution in [0.15, 0.2) is 11.5 Å². The van der Waals surface area contributed by atoms with Crippen molar-refractivity contribution in [3.8, 4) is 0 Å². The molecule has 0 bridgehead atoms. The summed E-state index contributed by atoms with van der Waals surface area (Å²) >= 11 is 0. The van der Waals surface area contributed by atoms with Crippen molar-refractivity contribution in [3.63, 3.8) is 0 Å². The summed E-state index contributed by atoms with van der Waals surface area (Å²) in [4.78, 5) is 0. The molecule has 0 aliphatic rings. The molecule has 0 rings (SSSR count). The monoisotopic (exact) mass is 145 g/mol. The summed E-state index contributed by atoms with van der Waals surface area (Å²) in [6.45, 7) is 6.43. The van der Waals surface area contributed by atoms with Crippen LogP contribution in [0.25, 0.3) is 0 Å². The van der Waals surface area contributed by atoms with Crippen molar-refractivity contribution >= 4 is 9.24 Å². The van der Waals surface area contributed by atoms with Gasteiger partial charge in [-0.1, -0.05) is 6.92 Å². The van der Waals surface area contributed by atoms with E-state index in [9.17, 15) is 0 Å². The van der Waals surface area contributed by atoms with Crippen LogP contribution in [0.4, 0.5) is 0 Å². The highest BCUT2D eigenvalue weighted by molar-refractivity contribution is 7.20. The Morgan fingerprint density at radius 1 is 1.67 bits per heavy atom. The Morgan fingerprint density at radius 2 is 2.22 bits per heavy atom. The maximum absolute atomic E-state index is 3.32. The molecular weight excluding hydrogens is 129 g/mol. The van der Waals surface area contributed by atoms with E-state index in [1.165, 1.54) is 5.70 Å². The predicted octanol–water partition coefficient (Wildman–Crippen LogP) is 2.11. The first-order valence-corrected chi connectivity index (χ1v) is 4.04. The first-order valence-electron chi connectivity index (χ1n) is 3.38. The maximum atomic E-state index is 3.32. The van der Waals surface area contributed by atoms with Gasteiger partial charge >= 0.3 is 0 Å². The highest BCUT2D eigenvalue weighted by atomic mass is 31.0. The second kappa shape index (κ2) is 4.81. The molecule has 1 nitrogen and oxygen atoms in total. The fourth-order valence-corrected chi connectivity index (χ4v) is 0.971. The van der Waals surface area contributed by atoms with Gasteiger partial charge in [0.2, 0.25) is 0 Å². The number of rotatable bonds is 3. The molecule has 9 heavy (non-hydrogen) atoms. The van der Waals surface area contributed by atoms with E-state index in [0.717, 1.165) is 6.42 Å². The summed E-state index contributed by atoms with van der Waals surface area (Å²) in [5, 5.41) is 3.32. The number of hydrogen-bond acceptors (Lipinski definition) is 1. The molecule has 54 valence electrons. The Morgan fingerprint density at radius 3 is 2.33 bits per heavy atom. The van der Waals surface area contributed by atoms with Crippen molar-refractivity contribution in [2.45, 2.75) is 33.2 Å². The van der Waals surface area contributed by atoms with Crippen LogP contribution in [-0.4, -0.2) is 6.04 Å². The summed E-state index contributed by atoms with van der Waals surface area (Å²) in [5.74, 6) is 2.04. The molecule has 0 aromatic rings. The molecule has 1 N–H and O–H groups in total. The lowest BCUT2D eigenvalue weighted by Crippen LogP contribution is -2.20. The van der Waals surface area contributed by atoms with E-state index in [1.54, 1.807) is 0 Å². The molecule has 2 heteroatoms. The van der Waals surface area contributed by atoms with Gasteiger partial charge in [0.05, 0.1) is 0 Å². The summed E-state index contributed by atoms with van der Waals surface area (Å²) in [5.41, 5.74) is 1.30. The van der Waals surface area contributed by atoms with Crippen LogP contribution in [0, 0.1) is 0 Å². The van der Waals surface area contributed by atoms with Gasteiger partial charge in [-0.05, 0) is 26.1 Å². The summed E-state index contributed by atoms with van der Waals surface area (Å²) in [7, 11) is 2.60. The van der Waals surface area contributed by atoms with E-state index in [2.05, 4.69) is 35.3 Å². The fraction of sp³-hybridized carbons (Fsp3) is 0.714. The Bertz CT molecular complexity index is 97.1. The minimum absolute atomic E-state index is 0.553. The van der Waals surface area contributed by atoms with Gasteiger partial charge < -0.3 is 5.32 Å². The lowest BCUT2D eigenvalue weighted by molar-refractivity contribution is 0.652. The third-order valence-corrected chi connectivity index (χ3v) is 1.46. The molecule has 0 radical (unpaired) electrons. The third kappa shape index (κ3) is 4.47. The molecule has 0 fully saturated rings. The quantitative estimate of drug-likeness (QED) is 0.600. The number of allylic oxidation sites excluding steroid dienone is 1. The molecule has 0 aromatic carbocycles. The summed E-state index contributed by atoms with van der Waals surface area (Å²) in [6.07, 6.45) is 1.08. The topological polar surface area (TPSA) is 12.0 Å². The van der Waals surface area contributed by atoms with Crippen molar-refractivity contribution in [2.24, 2.45) is 0 Å². The van der Waals surface area contributed by atoms with Crippen molar-refractivity contribution in [1.29, 1.82) is 0 Å². The SMILES string of the molecule is CC/C(=C/P)NC(C)C. The molecule has 0 saturated carbocycles. The first kappa shape index (κ1) is 8.97. The smallest absolute Gasteiger partial charge is 0.0201 e. The Labute approximate surface area is 60.1 Å². The molecule has 0 aliphatic heterocycles. The van der Waals surface area contributed by atoms with Crippen LogP contribution in [0.3, 0.4) is 0 Å². The maximum Gasteiger partial charge on any atom is 0.0201 e. The van der Waals surface area contributed by atoms with E-state index in [0.29, 0.717) is 6.04 Å². The highest BCUT2D eigenvalue weighted by Crippen LogP contribution is 2.00. The van der Waals surface area contributed by atoms with Gasteiger partial charge in [-0.25, -0.2) is 0 Å². The molecule has 0 saturated heterocycles. The van der Waals surface area contributed by atoms with Gasteiger partial charge in [-0.15, -0.1) is 9.24 Å². The number of hydrogen-bond donors (Lipinski definition) is 1. The zero-order chi connectivity index (χ0) is 7.28. The van der Waals surface area contributed by atoms with Gasteiger partial charge in [0.15, 0.2) is 0 Å². The van der Waals surface area contributed by atoms with E-state index in [1.807, 2.05) is 5.82 Å². The Kier molecular flexibility index (Phi) is 4.80. The van der Waals surface area contributed by atoms with Crippen LogP contribution in [-0.2, 0) is 0 Å². The van der Waals surface area contributed by atoms with Gasteiger partial charge in [0.25, 0.3) is 0 Å². The standard InChI is InChI=1S/C7H16NP/c1-4-7(5-9)8-6(2)3/h5-6,8H,4,9H2,1-3H3/b7-5-. The van der Waals surface area contributed by atoms with Gasteiger partial charge in [-0.3, -0.25) is 0 Å². The first-order chi connectivity index (χ1) is 4.20. The van der Waals surface area contributed by atoms with Gasteiger partial charge in [-0.2, -0.15) is 0 Å². The van der Waals surface area contributed by atoms with Crippen molar-refractivity contribution in [3.05, 3.63) is 11.5 Å². The average molecular weight is 145 g/mol. The lowest BCUT2D eigenvalue weighted by Gasteiger charge is -2.10. The van der Waals surface area contributed by atoms with E-state index in [-0.39, 0.29) is 0 Å². The predicted molar refractivity (Wildman–Crippen MR) is 46.4 cm³/mol. The van der Waals surface area contributed by atoms with Crippen LogP contribution >= 0.6 is 9.24 Å². The molecule has 0 heterocycles. The molecule has 0 spiro atoms. The lowest BCUT2D eigenvalue weighted by atomic mass is 10.3. The summed E-state index contributed by atoms with van der Waals surface area (Å²) < 4.78 is 0. The molecule has 1 unspecified atom stereocenters. The third-order valence-electron chi connectivity index (χ3n) is 1.06.